The van der Waals surface area contributed by atoms with Gasteiger partial charge >= 0.3 is 6.09 Å². The van der Waals surface area contributed by atoms with Gasteiger partial charge < -0.3 is 4.74 Å². The molecule has 6 heteroatoms. The Bertz CT molecular complexity index is 382. The van der Waals surface area contributed by atoms with E-state index in [4.69, 9.17) is 4.74 Å². The lowest BCUT2D eigenvalue weighted by Gasteiger charge is -2.22. The van der Waals surface area contributed by atoms with Crippen LogP contribution in [-0.2, 0) is 9.53 Å². The third-order valence-electron chi connectivity index (χ3n) is 3.76. The highest BCUT2D eigenvalue weighted by Gasteiger charge is 2.24. The average molecular weight is 330 g/mol. The molecule has 0 heterocycles. The largest absolute Gasteiger partial charge is 0.443 e. The first-order valence-corrected chi connectivity index (χ1v) is 8.66. The lowest BCUT2D eigenvalue weighted by atomic mass is 9.90. The van der Waals surface area contributed by atoms with Gasteiger partial charge in [-0.15, -0.1) is 0 Å². The van der Waals surface area contributed by atoms with Crippen LogP contribution in [0.5, 0.6) is 0 Å². The van der Waals surface area contributed by atoms with Crippen molar-refractivity contribution >= 4 is 24.6 Å². The van der Waals surface area contributed by atoms with Crippen LogP contribution in [0.25, 0.3) is 0 Å². The highest BCUT2D eigenvalue weighted by Crippen LogP contribution is 2.28. The number of amides is 2. The second-order valence-electron chi connectivity index (χ2n) is 7.33. The van der Waals surface area contributed by atoms with Crippen LogP contribution in [0, 0.1) is 11.8 Å². The number of hydrazine groups is 1. The quantitative estimate of drug-likeness (QED) is 0.509. The Balaban J connectivity index is 2.46. The summed E-state index contributed by atoms with van der Waals surface area (Å²) in [4.78, 5) is 23.8. The zero-order valence-corrected chi connectivity index (χ0v) is 15.0. The molecule has 0 radical (unpaired) electrons. The van der Waals surface area contributed by atoms with Crippen molar-refractivity contribution in [2.45, 2.75) is 77.1 Å². The van der Waals surface area contributed by atoms with E-state index in [-0.39, 0.29) is 11.8 Å². The van der Waals surface area contributed by atoms with E-state index in [0.717, 1.165) is 38.5 Å². The molecule has 0 spiro atoms. The summed E-state index contributed by atoms with van der Waals surface area (Å²) in [6.45, 7) is 7.50. The van der Waals surface area contributed by atoms with Crippen LogP contribution in [0.2, 0.25) is 0 Å². The van der Waals surface area contributed by atoms with E-state index in [1.165, 1.54) is 0 Å². The van der Waals surface area contributed by atoms with Crippen LogP contribution in [0.3, 0.4) is 0 Å². The molecule has 128 valence electrons. The Labute approximate surface area is 139 Å². The number of carbonyl (C=O) groups excluding carboxylic acids is 2. The number of carbonyl (C=O) groups is 2. The van der Waals surface area contributed by atoms with Crippen molar-refractivity contribution in [3.8, 4) is 0 Å². The second-order valence-corrected chi connectivity index (χ2v) is 8.06. The molecule has 3 unspecified atom stereocenters. The van der Waals surface area contributed by atoms with Crippen LogP contribution < -0.4 is 10.9 Å². The SMILES string of the molecule is CC1CC(S)CCCCC(C(=O)NNC(=O)OC(C)(C)C)C1. The Morgan fingerprint density at radius 1 is 1.09 bits per heavy atom. The fraction of sp³-hybridized carbons (Fsp3) is 0.875. The van der Waals surface area contributed by atoms with Gasteiger partial charge in [0.25, 0.3) is 0 Å². The van der Waals surface area contributed by atoms with Gasteiger partial charge in [-0.05, 0) is 52.4 Å². The fourth-order valence-corrected chi connectivity index (χ4v) is 3.35. The lowest BCUT2D eigenvalue weighted by molar-refractivity contribution is -0.126. The standard InChI is InChI=1S/C16H30N2O3S/c1-11-9-12(7-5-6-8-13(22)10-11)14(19)17-18-15(20)21-16(2,3)4/h11-13,22H,5-10H2,1-4H3,(H,17,19)(H,18,20). The number of hydrogen-bond acceptors (Lipinski definition) is 4. The molecule has 2 amide bonds. The van der Waals surface area contributed by atoms with Crippen molar-refractivity contribution in [3.63, 3.8) is 0 Å². The van der Waals surface area contributed by atoms with Crippen molar-refractivity contribution in [1.29, 1.82) is 0 Å². The minimum atomic E-state index is -0.632. The van der Waals surface area contributed by atoms with Gasteiger partial charge in [-0.25, -0.2) is 10.2 Å². The van der Waals surface area contributed by atoms with Crippen molar-refractivity contribution in [2.75, 3.05) is 0 Å². The van der Waals surface area contributed by atoms with Crippen LogP contribution in [0.1, 0.15) is 66.2 Å². The summed E-state index contributed by atoms with van der Waals surface area (Å²) in [7, 11) is 0. The van der Waals surface area contributed by atoms with Crippen molar-refractivity contribution in [3.05, 3.63) is 0 Å². The Kier molecular flexibility index (Phi) is 7.53. The minimum absolute atomic E-state index is 0.0661. The molecular formula is C16H30N2O3S. The summed E-state index contributed by atoms with van der Waals surface area (Å²) >= 11 is 4.60. The molecule has 1 fully saturated rings. The van der Waals surface area contributed by atoms with Gasteiger partial charge in [0.1, 0.15) is 5.60 Å². The zero-order chi connectivity index (χ0) is 16.8. The zero-order valence-electron chi connectivity index (χ0n) is 14.1. The van der Waals surface area contributed by atoms with E-state index < -0.39 is 11.7 Å². The molecule has 1 rings (SSSR count). The van der Waals surface area contributed by atoms with Gasteiger partial charge in [-0.2, -0.15) is 12.6 Å². The minimum Gasteiger partial charge on any atom is -0.443 e. The van der Waals surface area contributed by atoms with E-state index in [0.29, 0.717) is 11.2 Å². The summed E-state index contributed by atoms with van der Waals surface area (Å²) < 4.78 is 5.10. The Hall–Kier alpha value is -0.910. The predicted octanol–water partition coefficient (Wildman–Crippen LogP) is 3.45. The number of ether oxygens (including phenoxy) is 1. The van der Waals surface area contributed by atoms with Crippen LogP contribution in [0.15, 0.2) is 0 Å². The molecule has 0 aromatic carbocycles. The molecule has 3 atom stereocenters. The summed E-state index contributed by atoms with van der Waals surface area (Å²) in [6, 6.07) is 0. The molecule has 1 saturated carbocycles. The molecular weight excluding hydrogens is 300 g/mol. The Morgan fingerprint density at radius 3 is 2.36 bits per heavy atom. The van der Waals surface area contributed by atoms with Crippen molar-refractivity contribution < 1.29 is 14.3 Å². The molecule has 5 nitrogen and oxygen atoms in total. The molecule has 1 aliphatic rings. The van der Waals surface area contributed by atoms with E-state index in [1.54, 1.807) is 20.8 Å². The molecule has 0 saturated heterocycles. The van der Waals surface area contributed by atoms with E-state index in [2.05, 4.69) is 30.4 Å². The van der Waals surface area contributed by atoms with Gasteiger partial charge in [-0.1, -0.05) is 19.8 Å². The van der Waals surface area contributed by atoms with Gasteiger partial charge in [-0.3, -0.25) is 10.2 Å². The van der Waals surface area contributed by atoms with E-state index in [9.17, 15) is 9.59 Å². The van der Waals surface area contributed by atoms with Crippen LogP contribution in [-0.4, -0.2) is 22.9 Å². The van der Waals surface area contributed by atoms with E-state index >= 15 is 0 Å². The molecule has 1 aliphatic carbocycles. The summed E-state index contributed by atoms with van der Waals surface area (Å²) in [5, 5.41) is 0.427. The van der Waals surface area contributed by atoms with Gasteiger partial charge in [0, 0.05) is 11.2 Å². The number of rotatable bonds is 1. The maximum atomic E-state index is 12.3. The lowest BCUT2D eigenvalue weighted by Crippen LogP contribution is -2.46. The molecule has 0 aliphatic heterocycles. The maximum absolute atomic E-state index is 12.3. The molecule has 0 bridgehead atoms. The second kappa shape index (κ2) is 8.65. The monoisotopic (exact) mass is 330 g/mol. The topological polar surface area (TPSA) is 67.4 Å². The predicted molar refractivity (Wildman–Crippen MR) is 90.6 cm³/mol. The van der Waals surface area contributed by atoms with Crippen LogP contribution >= 0.6 is 12.6 Å². The number of hydrogen-bond donors (Lipinski definition) is 3. The number of thiol groups is 1. The highest BCUT2D eigenvalue weighted by atomic mass is 32.1. The molecule has 22 heavy (non-hydrogen) atoms. The maximum Gasteiger partial charge on any atom is 0.426 e. The third kappa shape index (κ3) is 7.92. The fourth-order valence-electron chi connectivity index (χ4n) is 2.81. The first-order chi connectivity index (χ1) is 10.2. The summed E-state index contributed by atoms with van der Waals surface area (Å²) in [5.41, 5.74) is 4.25. The summed E-state index contributed by atoms with van der Waals surface area (Å²) in [5.74, 6) is 0.261. The summed E-state index contributed by atoms with van der Waals surface area (Å²) in [6.07, 6.45) is 5.32. The van der Waals surface area contributed by atoms with Gasteiger partial charge in [0.2, 0.25) is 5.91 Å². The molecule has 0 aromatic heterocycles. The van der Waals surface area contributed by atoms with Crippen LogP contribution in [0.4, 0.5) is 4.79 Å². The normalized spacial score (nSPS) is 27.0. The molecule has 0 aromatic rings. The third-order valence-corrected chi connectivity index (χ3v) is 4.23. The first kappa shape index (κ1) is 19.1. The average Bonchev–Trinajstić information content (AvgIpc) is 2.44. The van der Waals surface area contributed by atoms with Gasteiger partial charge in [0.15, 0.2) is 0 Å². The van der Waals surface area contributed by atoms with Crippen molar-refractivity contribution in [2.24, 2.45) is 11.8 Å². The smallest absolute Gasteiger partial charge is 0.426 e. The number of nitrogens with one attached hydrogen (secondary N) is 2. The van der Waals surface area contributed by atoms with Gasteiger partial charge in [0.05, 0.1) is 0 Å². The van der Waals surface area contributed by atoms with E-state index in [1.807, 2.05) is 0 Å². The highest BCUT2D eigenvalue weighted by molar-refractivity contribution is 7.80. The first-order valence-electron chi connectivity index (χ1n) is 8.14. The van der Waals surface area contributed by atoms with Crippen molar-refractivity contribution in [1.82, 2.24) is 10.9 Å². The molecule has 2 N–H and O–H groups in total. The Morgan fingerprint density at radius 2 is 1.73 bits per heavy atom.